The van der Waals surface area contributed by atoms with Gasteiger partial charge >= 0.3 is 0 Å². The Kier molecular flexibility index (Phi) is 5.85. The van der Waals surface area contributed by atoms with Crippen LogP contribution >= 0.6 is 12.6 Å². The average molecular weight is 355 g/mol. The normalized spacial score (nSPS) is 15.2. The Morgan fingerprint density at radius 3 is 2.48 bits per heavy atom. The Morgan fingerprint density at radius 1 is 1.16 bits per heavy atom. The molecule has 1 fully saturated rings. The lowest BCUT2D eigenvalue weighted by Crippen LogP contribution is -2.06. The van der Waals surface area contributed by atoms with Crippen LogP contribution in [-0.2, 0) is 4.79 Å². The van der Waals surface area contributed by atoms with E-state index in [0.29, 0.717) is 11.8 Å². The summed E-state index contributed by atoms with van der Waals surface area (Å²) >= 11 is 4.37. The molecule has 2 aromatic carbocycles. The van der Waals surface area contributed by atoms with Gasteiger partial charge in [0.25, 0.3) is 0 Å². The fourth-order valence-electron chi connectivity index (χ4n) is 3.04. The maximum atomic E-state index is 11.6. The predicted molar refractivity (Wildman–Crippen MR) is 106 cm³/mol. The monoisotopic (exact) mass is 354 g/mol. The molecule has 0 amide bonds. The maximum Gasteiger partial charge on any atom is 0.127 e. The van der Waals surface area contributed by atoms with E-state index in [0.717, 1.165) is 46.6 Å². The van der Waals surface area contributed by atoms with Gasteiger partial charge in [-0.2, -0.15) is 0 Å². The quantitative estimate of drug-likeness (QED) is 0.482. The van der Waals surface area contributed by atoms with Gasteiger partial charge in [0, 0.05) is 16.4 Å². The average Bonchev–Trinajstić information content (AvgIpc) is 3.43. The van der Waals surface area contributed by atoms with E-state index in [4.69, 9.17) is 4.74 Å². The third-order valence-corrected chi connectivity index (χ3v) is 4.97. The summed E-state index contributed by atoms with van der Waals surface area (Å²) in [7, 11) is 0. The maximum absolute atomic E-state index is 11.6. The molecule has 132 valence electrons. The van der Waals surface area contributed by atoms with Crippen LogP contribution in [0.5, 0.6) is 5.75 Å². The summed E-state index contributed by atoms with van der Waals surface area (Å²) in [5.74, 6) is 2.01. The second-order valence-electron chi connectivity index (χ2n) is 7.43. The summed E-state index contributed by atoms with van der Waals surface area (Å²) in [4.78, 5) is 12.5. The Bertz CT molecular complexity index is 717. The second kappa shape index (κ2) is 8.09. The van der Waals surface area contributed by atoms with E-state index in [-0.39, 0.29) is 5.92 Å². The van der Waals surface area contributed by atoms with Gasteiger partial charge in [-0.05, 0) is 66.5 Å². The third-order valence-electron chi connectivity index (χ3n) is 4.67. The van der Waals surface area contributed by atoms with Crippen LogP contribution in [0.15, 0.2) is 47.4 Å². The molecule has 25 heavy (non-hydrogen) atoms. The number of ether oxygens (including phenoxy) is 1. The van der Waals surface area contributed by atoms with Gasteiger partial charge in [0.1, 0.15) is 12.0 Å². The molecule has 0 aliphatic heterocycles. The summed E-state index contributed by atoms with van der Waals surface area (Å²) in [6.45, 7) is 5.08. The van der Waals surface area contributed by atoms with Crippen molar-refractivity contribution in [3.05, 3.63) is 48.0 Å². The number of carbonyl (C=O) groups excluding carboxylic acids is 1. The first kappa shape index (κ1) is 18.1. The van der Waals surface area contributed by atoms with Crippen molar-refractivity contribution in [1.82, 2.24) is 0 Å². The van der Waals surface area contributed by atoms with Gasteiger partial charge in [-0.3, -0.25) is 0 Å². The van der Waals surface area contributed by atoms with Gasteiger partial charge in [-0.25, -0.2) is 0 Å². The number of carbonyl (C=O) groups is 1. The first-order valence-corrected chi connectivity index (χ1v) is 9.53. The zero-order chi connectivity index (χ0) is 17.8. The molecule has 1 aliphatic rings. The standard InChI is InChI=1S/C22H26O2S/c1-15(2)11-19(13-23)18-7-10-22(24-14-16-3-4-16)21(12-18)17-5-8-20(25)9-6-17/h5-10,12-13,15-16,19,25H,3-4,11,14H2,1-2H3. The highest BCUT2D eigenvalue weighted by molar-refractivity contribution is 7.80. The van der Waals surface area contributed by atoms with Gasteiger partial charge in [0.15, 0.2) is 0 Å². The molecule has 3 heteroatoms. The summed E-state index contributed by atoms with van der Waals surface area (Å²) in [6.07, 6.45) is 4.47. The molecule has 1 atom stereocenters. The molecule has 0 bridgehead atoms. The van der Waals surface area contributed by atoms with Gasteiger partial charge in [0.2, 0.25) is 0 Å². The molecule has 0 saturated heterocycles. The lowest BCUT2D eigenvalue weighted by molar-refractivity contribution is -0.109. The topological polar surface area (TPSA) is 26.3 Å². The van der Waals surface area contributed by atoms with E-state index in [1.54, 1.807) is 0 Å². The summed E-state index contributed by atoms with van der Waals surface area (Å²) in [5.41, 5.74) is 3.22. The number of rotatable bonds is 8. The summed E-state index contributed by atoms with van der Waals surface area (Å²) in [6, 6.07) is 14.3. The smallest absolute Gasteiger partial charge is 0.127 e. The molecule has 0 spiro atoms. The van der Waals surface area contributed by atoms with Crippen LogP contribution in [0.25, 0.3) is 11.1 Å². The first-order valence-electron chi connectivity index (χ1n) is 9.08. The largest absolute Gasteiger partial charge is 0.493 e. The molecule has 3 rings (SSSR count). The van der Waals surface area contributed by atoms with Gasteiger partial charge < -0.3 is 9.53 Å². The van der Waals surface area contributed by atoms with E-state index >= 15 is 0 Å². The number of benzene rings is 2. The van der Waals surface area contributed by atoms with E-state index in [9.17, 15) is 4.79 Å². The fourth-order valence-corrected chi connectivity index (χ4v) is 3.19. The number of thiol groups is 1. The van der Waals surface area contributed by atoms with Crippen LogP contribution in [0.4, 0.5) is 0 Å². The van der Waals surface area contributed by atoms with Crippen molar-refractivity contribution in [2.75, 3.05) is 6.61 Å². The lowest BCUT2D eigenvalue weighted by atomic mass is 9.89. The molecule has 1 saturated carbocycles. The Labute approximate surface area is 156 Å². The third kappa shape index (κ3) is 4.88. The van der Waals surface area contributed by atoms with Gasteiger partial charge in [-0.1, -0.05) is 32.0 Å². The van der Waals surface area contributed by atoms with E-state index < -0.39 is 0 Å². The van der Waals surface area contributed by atoms with Crippen molar-refractivity contribution in [2.24, 2.45) is 11.8 Å². The number of hydrogen-bond acceptors (Lipinski definition) is 3. The summed E-state index contributed by atoms with van der Waals surface area (Å²) < 4.78 is 6.09. The zero-order valence-corrected chi connectivity index (χ0v) is 15.8. The molecule has 0 N–H and O–H groups in total. The highest BCUT2D eigenvalue weighted by Gasteiger charge is 2.23. The van der Waals surface area contributed by atoms with E-state index in [1.165, 1.54) is 12.8 Å². The van der Waals surface area contributed by atoms with Crippen LogP contribution in [-0.4, -0.2) is 12.9 Å². The van der Waals surface area contributed by atoms with Crippen LogP contribution in [0, 0.1) is 11.8 Å². The van der Waals surface area contributed by atoms with E-state index in [2.05, 4.69) is 44.7 Å². The van der Waals surface area contributed by atoms with Crippen LogP contribution < -0.4 is 4.74 Å². The lowest BCUT2D eigenvalue weighted by Gasteiger charge is -2.17. The van der Waals surface area contributed by atoms with Crippen molar-refractivity contribution < 1.29 is 9.53 Å². The minimum Gasteiger partial charge on any atom is -0.493 e. The molecule has 0 aromatic heterocycles. The van der Waals surface area contributed by atoms with Crippen LogP contribution in [0.1, 0.15) is 44.6 Å². The number of aldehydes is 1. The second-order valence-corrected chi connectivity index (χ2v) is 7.95. The fraction of sp³-hybridized carbons (Fsp3) is 0.409. The minimum atomic E-state index is -0.0691. The highest BCUT2D eigenvalue weighted by Crippen LogP contribution is 2.36. The first-order chi connectivity index (χ1) is 12.1. The molecule has 1 unspecified atom stereocenters. The van der Waals surface area contributed by atoms with Crippen LogP contribution in [0.2, 0.25) is 0 Å². The van der Waals surface area contributed by atoms with Gasteiger partial charge in [0.05, 0.1) is 6.61 Å². The molecular formula is C22H26O2S. The summed E-state index contributed by atoms with van der Waals surface area (Å²) in [5, 5.41) is 0. The molecule has 0 heterocycles. The Balaban J connectivity index is 1.94. The Hall–Kier alpha value is -1.74. The van der Waals surface area contributed by atoms with Crippen molar-refractivity contribution >= 4 is 18.9 Å². The zero-order valence-electron chi connectivity index (χ0n) is 14.9. The number of hydrogen-bond donors (Lipinski definition) is 1. The molecule has 2 nitrogen and oxygen atoms in total. The van der Waals surface area contributed by atoms with Crippen molar-refractivity contribution in [3.63, 3.8) is 0 Å². The van der Waals surface area contributed by atoms with Crippen molar-refractivity contribution in [2.45, 2.75) is 43.9 Å². The Morgan fingerprint density at radius 2 is 1.88 bits per heavy atom. The minimum absolute atomic E-state index is 0.0691. The van der Waals surface area contributed by atoms with Gasteiger partial charge in [-0.15, -0.1) is 12.6 Å². The molecular weight excluding hydrogens is 328 g/mol. The molecule has 2 aromatic rings. The van der Waals surface area contributed by atoms with Crippen LogP contribution in [0.3, 0.4) is 0 Å². The molecule has 1 aliphatic carbocycles. The van der Waals surface area contributed by atoms with E-state index in [1.807, 2.05) is 24.3 Å². The predicted octanol–water partition coefficient (Wildman–Crippen LogP) is 5.76. The SMILES string of the molecule is CC(C)CC(C=O)c1ccc(OCC2CC2)c(-c2ccc(S)cc2)c1. The highest BCUT2D eigenvalue weighted by atomic mass is 32.1. The van der Waals surface area contributed by atoms with Crippen molar-refractivity contribution in [1.29, 1.82) is 0 Å². The molecule has 0 radical (unpaired) electrons. The van der Waals surface area contributed by atoms with Crippen molar-refractivity contribution in [3.8, 4) is 16.9 Å².